The summed E-state index contributed by atoms with van der Waals surface area (Å²) < 4.78 is 5.11. The van der Waals surface area contributed by atoms with Crippen molar-refractivity contribution in [3.8, 4) is 11.4 Å². The molecule has 0 radical (unpaired) electrons. The third kappa shape index (κ3) is 2.25. The van der Waals surface area contributed by atoms with Gasteiger partial charge in [-0.3, -0.25) is 0 Å². The van der Waals surface area contributed by atoms with Crippen LogP contribution in [0.25, 0.3) is 16.7 Å². The van der Waals surface area contributed by atoms with E-state index >= 15 is 0 Å². The number of hydrogen-bond acceptors (Lipinski definition) is 3. The Bertz CT molecular complexity index is 698. The smallest absolute Gasteiger partial charge is 0.119 e. The summed E-state index contributed by atoms with van der Waals surface area (Å²) in [6.45, 7) is 0. The maximum absolute atomic E-state index is 5.96. The van der Waals surface area contributed by atoms with Gasteiger partial charge in [-0.25, -0.2) is 0 Å². The fraction of sp³-hybridized carbons (Fsp3) is 0.0769. The van der Waals surface area contributed by atoms with Gasteiger partial charge in [-0.1, -0.05) is 23.2 Å². The van der Waals surface area contributed by atoms with Gasteiger partial charge >= 0.3 is 0 Å². The van der Waals surface area contributed by atoms with Crippen LogP contribution in [0, 0.1) is 0 Å². The summed E-state index contributed by atoms with van der Waals surface area (Å²) in [7, 11) is 1.62. The van der Waals surface area contributed by atoms with E-state index in [-0.39, 0.29) is 0 Å². The molecule has 0 saturated heterocycles. The van der Waals surface area contributed by atoms with Crippen molar-refractivity contribution < 1.29 is 4.74 Å². The first-order valence-electron chi connectivity index (χ1n) is 5.54. The molecular weight excluding hydrogens is 285 g/mol. The van der Waals surface area contributed by atoms with Crippen LogP contribution >= 0.6 is 23.2 Å². The first-order chi connectivity index (χ1) is 9.17. The van der Waals surface area contributed by atoms with Crippen molar-refractivity contribution in [2.75, 3.05) is 7.11 Å². The molecule has 4 nitrogen and oxygen atoms in total. The van der Waals surface area contributed by atoms with Crippen molar-refractivity contribution in [1.82, 2.24) is 15.0 Å². The lowest BCUT2D eigenvalue weighted by Crippen LogP contribution is -1.98. The van der Waals surface area contributed by atoms with Gasteiger partial charge in [-0.2, -0.15) is 4.80 Å². The Morgan fingerprint density at radius 3 is 1.95 bits per heavy atom. The first kappa shape index (κ1) is 12.3. The molecule has 0 fully saturated rings. The lowest BCUT2D eigenvalue weighted by Gasteiger charge is -2.01. The molecule has 0 saturated carbocycles. The zero-order valence-corrected chi connectivity index (χ0v) is 11.5. The molecule has 0 bridgehead atoms. The summed E-state index contributed by atoms with van der Waals surface area (Å²) in [4.78, 5) is 1.54. The molecule has 2 aromatic carbocycles. The Balaban J connectivity index is 2.09. The number of fused-ring (bicyclic) bond motifs is 1. The largest absolute Gasteiger partial charge is 0.497 e. The number of hydrogen-bond donors (Lipinski definition) is 0. The van der Waals surface area contributed by atoms with E-state index in [1.54, 1.807) is 19.2 Å². The van der Waals surface area contributed by atoms with E-state index in [1.807, 2.05) is 24.3 Å². The van der Waals surface area contributed by atoms with E-state index in [1.165, 1.54) is 4.80 Å². The summed E-state index contributed by atoms with van der Waals surface area (Å²) in [5.74, 6) is 0.784. The maximum Gasteiger partial charge on any atom is 0.119 e. The fourth-order valence-corrected chi connectivity index (χ4v) is 2.06. The molecule has 0 aliphatic carbocycles. The Morgan fingerprint density at radius 1 is 0.947 bits per heavy atom. The zero-order valence-electron chi connectivity index (χ0n) is 9.97. The van der Waals surface area contributed by atoms with Crippen LogP contribution in [0.5, 0.6) is 5.75 Å². The number of ether oxygens (including phenoxy) is 1. The number of nitrogens with zero attached hydrogens (tertiary/aromatic N) is 3. The average molecular weight is 294 g/mol. The van der Waals surface area contributed by atoms with Crippen LogP contribution in [-0.4, -0.2) is 22.1 Å². The van der Waals surface area contributed by atoms with Crippen LogP contribution in [0.4, 0.5) is 0 Å². The number of rotatable bonds is 2. The van der Waals surface area contributed by atoms with Crippen molar-refractivity contribution in [2.24, 2.45) is 0 Å². The van der Waals surface area contributed by atoms with E-state index in [0.717, 1.165) is 11.4 Å². The molecule has 1 heterocycles. The Kier molecular flexibility index (Phi) is 3.05. The molecule has 0 atom stereocenters. The van der Waals surface area contributed by atoms with Crippen LogP contribution in [-0.2, 0) is 0 Å². The van der Waals surface area contributed by atoms with Gasteiger partial charge in [0.15, 0.2) is 0 Å². The molecule has 6 heteroatoms. The predicted octanol–water partition coefficient (Wildman–Crippen LogP) is 3.74. The molecule has 3 aromatic rings. The van der Waals surface area contributed by atoms with Crippen LogP contribution in [0.1, 0.15) is 0 Å². The van der Waals surface area contributed by atoms with Crippen LogP contribution in [0.3, 0.4) is 0 Å². The normalized spacial score (nSPS) is 10.9. The molecule has 0 N–H and O–H groups in total. The van der Waals surface area contributed by atoms with Crippen molar-refractivity contribution in [3.05, 3.63) is 46.4 Å². The third-order valence-corrected chi connectivity index (χ3v) is 3.45. The minimum absolute atomic E-state index is 0.468. The highest BCUT2D eigenvalue weighted by molar-refractivity contribution is 6.42. The SMILES string of the molecule is COc1ccc(-n2nc3cc(Cl)c(Cl)cc3n2)cc1. The molecule has 0 aliphatic heterocycles. The lowest BCUT2D eigenvalue weighted by molar-refractivity contribution is 0.414. The third-order valence-electron chi connectivity index (χ3n) is 2.73. The molecule has 3 rings (SSSR count). The van der Waals surface area contributed by atoms with Crippen molar-refractivity contribution >= 4 is 34.2 Å². The summed E-state index contributed by atoms with van der Waals surface area (Å²) in [5.41, 5.74) is 2.24. The monoisotopic (exact) mass is 293 g/mol. The van der Waals surface area contributed by atoms with Gasteiger partial charge in [0.05, 0.1) is 22.8 Å². The molecule has 0 spiro atoms. The van der Waals surface area contributed by atoms with Crippen molar-refractivity contribution in [2.45, 2.75) is 0 Å². The van der Waals surface area contributed by atoms with E-state index in [4.69, 9.17) is 27.9 Å². The summed E-state index contributed by atoms with van der Waals surface area (Å²) in [6, 6.07) is 10.9. The van der Waals surface area contributed by atoms with Crippen molar-refractivity contribution in [1.29, 1.82) is 0 Å². The highest BCUT2D eigenvalue weighted by Gasteiger charge is 2.08. The quantitative estimate of drug-likeness (QED) is 0.723. The van der Waals surface area contributed by atoms with Gasteiger partial charge in [-0.05, 0) is 36.4 Å². The van der Waals surface area contributed by atoms with E-state index < -0.39 is 0 Å². The van der Waals surface area contributed by atoms with E-state index in [2.05, 4.69) is 10.2 Å². The Hall–Kier alpha value is -1.78. The van der Waals surface area contributed by atoms with Gasteiger partial charge in [-0.15, -0.1) is 10.2 Å². The highest BCUT2D eigenvalue weighted by atomic mass is 35.5. The Labute approximate surface area is 119 Å². The van der Waals surface area contributed by atoms with Gasteiger partial charge in [0.25, 0.3) is 0 Å². The summed E-state index contributed by atoms with van der Waals surface area (Å²) in [5, 5.41) is 9.66. The first-order valence-corrected chi connectivity index (χ1v) is 6.29. The second kappa shape index (κ2) is 4.72. The van der Waals surface area contributed by atoms with Gasteiger partial charge in [0.1, 0.15) is 16.8 Å². The topological polar surface area (TPSA) is 39.9 Å². The predicted molar refractivity (Wildman–Crippen MR) is 75.4 cm³/mol. The molecule has 0 aliphatic rings. The van der Waals surface area contributed by atoms with Crippen LogP contribution in [0.2, 0.25) is 10.0 Å². The fourth-order valence-electron chi connectivity index (χ4n) is 1.74. The molecule has 0 amide bonds. The summed E-state index contributed by atoms with van der Waals surface area (Å²) in [6.07, 6.45) is 0. The zero-order chi connectivity index (χ0) is 13.4. The second-order valence-electron chi connectivity index (χ2n) is 3.94. The van der Waals surface area contributed by atoms with Crippen molar-refractivity contribution in [3.63, 3.8) is 0 Å². The lowest BCUT2D eigenvalue weighted by atomic mass is 10.3. The standard InChI is InChI=1S/C13H9Cl2N3O/c1-19-9-4-2-8(3-5-9)18-16-12-6-10(14)11(15)7-13(12)17-18/h2-7H,1H3. The molecule has 1 aromatic heterocycles. The average Bonchev–Trinajstić information content (AvgIpc) is 2.82. The maximum atomic E-state index is 5.96. The molecular formula is C13H9Cl2N3O. The van der Waals surface area contributed by atoms with E-state index in [0.29, 0.717) is 21.1 Å². The molecule has 0 unspecified atom stereocenters. The number of halogens is 2. The van der Waals surface area contributed by atoms with Crippen LogP contribution < -0.4 is 4.74 Å². The van der Waals surface area contributed by atoms with Gasteiger partial charge in [0, 0.05) is 0 Å². The second-order valence-corrected chi connectivity index (χ2v) is 4.76. The summed E-state index contributed by atoms with van der Waals surface area (Å²) >= 11 is 11.9. The van der Waals surface area contributed by atoms with Crippen LogP contribution in [0.15, 0.2) is 36.4 Å². The molecule has 96 valence electrons. The Morgan fingerprint density at radius 2 is 1.47 bits per heavy atom. The minimum atomic E-state index is 0.468. The minimum Gasteiger partial charge on any atom is -0.497 e. The number of aromatic nitrogens is 3. The number of methoxy groups -OCH3 is 1. The molecule has 19 heavy (non-hydrogen) atoms. The van der Waals surface area contributed by atoms with Gasteiger partial charge < -0.3 is 4.74 Å². The number of benzene rings is 2. The van der Waals surface area contributed by atoms with Gasteiger partial charge in [0.2, 0.25) is 0 Å². The highest BCUT2D eigenvalue weighted by Crippen LogP contribution is 2.26. The van der Waals surface area contributed by atoms with E-state index in [9.17, 15) is 0 Å².